The van der Waals surface area contributed by atoms with Crippen molar-refractivity contribution in [2.24, 2.45) is 38.4 Å². The van der Waals surface area contributed by atoms with Gasteiger partial charge in [0.05, 0.1) is 11.1 Å². The van der Waals surface area contributed by atoms with Gasteiger partial charge in [0, 0.05) is 0 Å². The summed E-state index contributed by atoms with van der Waals surface area (Å²) in [7, 11) is 0. The molecule has 8 bridgehead atoms. The Morgan fingerprint density at radius 3 is 1.69 bits per heavy atom. The fourth-order valence-corrected chi connectivity index (χ4v) is 13.8. The molecular formula is C32H42O4. The molecule has 0 amide bonds. The lowest BCUT2D eigenvalue weighted by Crippen LogP contribution is -2.69. The second kappa shape index (κ2) is 6.41. The minimum absolute atomic E-state index is 0.0464. The summed E-state index contributed by atoms with van der Waals surface area (Å²) >= 11 is 0. The zero-order chi connectivity index (χ0) is 25.6. The van der Waals surface area contributed by atoms with Gasteiger partial charge in [0.15, 0.2) is 0 Å². The van der Waals surface area contributed by atoms with Crippen molar-refractivity contribution in [3.05, 3.63) is 34.9 Å². The van der Waals surface area contributed by atoms with E-state index in [-0.39, 0.29) is 27.4 Å². The predicted octanol–water partition coefficient (Wildman–Crippen LogP) is 7.70. The van der Waals surface area contributed by atoms with Crippen LogP contribution >= 0.6 is 0 Å². The highest BCUT2D eigenvalue weighted by molar-refractivity contribution is 6.01. The highest BCUT2D eigenvalue weighted by Gasteiger charge is 2.74. The lowest BCUT2D eigenvalue weighted by molar-refractivity contribution is -0.270. The SMILES string of the molecule is CC12CC3CC(C)(C1)CC(C14CC5(C)CC(C)(CC(c6ccc(C(=O)O)c(C(=O)O)c6)(C5)C1)C4)(C3)C2. The third-order valence-corrected chi connectivity index (χ3v) is 12.4. The maximum atomic E-state index is 12.1. The molecular weight excluding hydrogens is 448 g/mol. The van der Waals surface area contributed by atoms with E-state index in [1.54, 1.807) is 12.1 Å². The Hall–Kier alpha value is -1.84. The van der Waals surface area contributed by atoms with Gasteiger partial charge in [-0.1, -0.05) is 33.8 Å². The van der Waals surface area contributed by atoms with E-state index in [2.05, 4.69) is 27.7 Å². The van der Waals surface area contributed by atoms with Crippen LogP contribution in [0, 0.1) is 38.4 Å². The van der Waals surface area contributed by atoms with Gasteiger partial charge in [-0.05, 0) is 139 Å². The number of hydrogen-bond acceptors (Lipinski definition) is 2. The van der Waals surface area contributed by atoms with E-state index in [1.807, 2.05) is 6.07 Å². The molecule has 9 rings (SSSR count). The molecule has 0 radical (unpaired) electrons. The van der Waals surface area contributed by atoms with Gasteiger partial charge in [-0.25, -0.2) is 9.59 Å². The van der Waals surface area contributed by atoms with Crippen molar-refractivity contribution < 1.29 is 19.8 Å². The van der Waals surface area contributed by atoms with Crippen molar-refractivity contribution in [2.45, 2.75) is 110 Å². The molecule has 4 nitrogen and oxygen atoms in total. The van der Waals surface area contributed by atoms with Crippen LogP contribution in [0.15, 0.2) is 18.2 Å². The summed E-state index contributed by atoms with van der Waals surface area (Å²) in [5.41, 5.74) is 3.10. The summed E-state index contributed by atoms with van der Waals surface area (Å²) < 4.78 is 0. The van der Waals surface area contributed by atoms with Crippen LogP contribution < -0.4 is 0 Å². The van der Waals surface area contributed by atoms with Crippen LogP contribution in [0.1, 0.15) is 131 Å². The molecule has 8 fully saturated rings. The first kappa shape index (κ1) is 23.3. The highest BCUT2D eigenvalue weighted by Crippen LogP contribution is 2.83. The molecule has 8 aliphatic carbocycles. The van der Waals surface area contributed by atoms with Crippen molar-refractivity contribution >= 4 is 11.9 Å². The van der Waals surface area contributed by atoms with Crippen LogP contribution in [0.5, 0.6) is 0 Å². The van der Waals surface area contributed by atoms with Crippen LogP contribution in [0.3, 0.4) is 0 Å². The molecule has 1 aromatic carbocycles. The molecule has 0 spiro atoms. The number of carboxylic acid groups (broad SMARTS) is 2. The van der Waals surface area contributed by atoms with E-state index in [4.69, 9.17) is 0 Å². The van der Waals surface area contributed by atoms with Crippen LogP contribution in [0.4, 0.5) is 0 Å². The van der Waals surface area contributed by atoms with Crippen molar-refractivity contribution in [3.63, 3.8) is 0 Å². The Kier molecular flexibility index (Phi) is 4.15. The Labute approximate surface area is 215 Å². The Morgan fingerprint density at radius 2 is 1.17 bits per heavy atom. The van der Waals surface area contributed by atoms with Crippen molar-refractivity contribution in [1.29, 1.82) is 0 Å². The summed E-state index contributed by atoms with van der Waals surface area (Å²) in [4.78, 5) is 23.9. The zero-order valence-electron chi connectivity index (χ0n) is 22.5. The number of rotatable bonds is 4. The average molecular weight is 491 g/mol. The van der Waals surface area contributed by atoms with Gasteiger partial charge in [0.25, 0.3) is 0 Å². The Morgan fingerprint density at radius 1 is 0.639 bits per heavy atom. The monoisotopic (exact) mass is 490 g/mol. The molecule has 4 unspecified atom stereocenters. The molecule has 4 atom stereocenters. The molecule has 36 heavy (non-hydrogen) atoms. The van der Waals surface area contributed by atoms with Crippen LogP contribution in [0.25, 0.3) is 0 Å². The topological polar surface area (TPSA) is 74.6 Å². The Balaban J connectivity index is 1.39. The summed E-state index contributed by atoms with van der Waals surface area (Å²) in [6.07, 6.45) is 15.7. The number of hydrogen-bond donors (Lipinski definition) is 2. The third kappa shape index (κ3) is 2.93. The molecule has 0 heterocycles. The van der Waals surface area contributed by atoms with Crippen LogP contribution in [-0.4, -0.2) is 22.2 Å². The van der Waals surface area contributed by atoms with Gasteiger partial charge in [0.1, 0.15) is 0 Å². The van der Waals surface area contributed by atoms with Gasteiger partial charge in [-0.15, -0.1) is 0 Å². The molecule has 194 valence electrons. The van der Waals surface area contributed by atoms with Gasteiger partial charge in [-0.2, -0.15) is 0 Å². The molecule has 8 aliphatic rings. The second-order valence-electron chi connectivity index (χ2n) is 16.5. The normalized spacial score (nSPS) is 52.1. The van der Waals surface area contributed by atoms with E-state index in [0.717, 1.165) is 30.7 Å². The van der Waals surface area contributed by atoms with Gasteiger partial charge in [0.2, 0.25) is 0 Å². The quantitative estimate of drug-likeness (QED) is 0.453. The standard InChI is InChI=1S/C32H42O4/c1-26-8-20-9-27(2,11-26)16-31(10-20,15-26)32-17-28(3)12-29(4,18-32)14-30(13-28,19-32)21-5-6-22(24(33)34)23(7-21)25(35)36/h5-7,20H,8-19H2,1-4H3,(H,33,34)(H,35,36). The lowest BCUT2D eigenvalue weighted by Gasteiger charge is -2.78. The first-order valence-corrected chi connectivity index (χ1v) is 14.2. The minimum Gasteiger partial charge on any atom is -0.478 e. The predicted molar refractivity (Wildman–Crippen MR) is 138 cm³/mol. The van der Waals surface area contributed by atoms with E-state index >= 15 is 0 Å². The van der Waals surface area contributed by atoms with Gasteiger partial charge in [-0.3, -0.25) is 0 Å². The first-order valence-electron chi connectivity index (χ1n) is 14.2. The van der Waals surface area contributed by atoms with E-state index in [0.29, 0.717) is 21.7 Å². The molecule has 2 N–H and O–H groups in total. The first-order chi connectivity index (χ1) is 16.6. The van der Waals surface area contributed by atoms with Crippen LogP contribution in [-0.2, 0) is 5.41 Å². The lowest BCUT2D eigenvalue weighted by atomic mass is 9.26. The highest BCUT2D eigenvalue weighted by atomic mass is 16.4. The largest absolute Gasteiger partial charge is 0.478 e. The van der Waals surface area contributed by atoms with Crippen molar-refractivity contribution in [2.75, 3.05) is 0 Å². The maximum absolute atomic E-state index is 12.1. The molecule has 8 saturated carbocycles. The fraction of sp³-hybridized carbons (Fsp3) is 0.750. The second-order valence-corrected chi connectivity index (χ2v) is 16.5. The number of aromatic carboxylic acids is 2. The zero-order valence-corrected chi connectivity index (χ0v) is 22.5. The van der Waals surface area contributed by atoms with Gasteiger partial charge >= 0.3 is 11.9 Å². The number of carboxylic acids is 2. The van der Waals surface area contributed by atoms with E-state index in [1.165, 1.54) is 57.8 Å². The Bertz CT molecular complexity index is 1170. The minimum atomic E-state index is -1.16. The average Bonchev–Trinajstić information content (AvgIpc) is 2.68. The van der Waals surface area contributed by atoms with Crippen molar-refractivity contribution in [3.8, 4) is 0 Å². The molecule has 4 heteroatoms. The van der Waals surface area contributed by atoms with Crippen LogP contribution in [0.2, 0.25) is 0 Å². The molecule has 0 aromatic heterocycles. The summed E-state index contributed by atoms with van der Waals surface area (Å²) in [6, 6.07) is 5.30. The summed E-state index contributed by atoms with van der Waals surface area (Å²) in [6.45, 7) is 10.2. The smallest absolute Gasteiger partial charge is 0.336 e. The van der Waals surface area contributed by atoms with Crippen molar-refractivity contribution in [1.82, 2.24) is 0 Å². The molecule has 0 saturated heterocycles. The number of carbonyl (C=O) groups is 2. The van der Waals surface area contributed by atoms with Gasteiger partial charge < -0.3 is 10.2 Å². The molecule has 1 aromatic rings. The van der Waals surface area contributed by atoms with E-state index < -0.39 is 11.9 Å². The molecule has 0 aliphatic heterocycles. The number of benzene rings is 1. The van der Waals surface area contributed by atoms with E-state index in [9.17, 15) is 19.8 Å². The maximum Gasteiger partial charge on any atom is 0.336 e. The third-order valence-electron chi connectivity index (χ3n) is 12.4. The fourth-order valence-electron chi connectivity index (χ4n) is 13.8. The summed E-state index contributed by atoms with van der Waals surface area (Å²) in [5.74, 6) is -1.42. The summed E-state index contributed by atoms with van der Waals surface area (Å²) in [5, 5.41) is 19.6.